The Bertz CT molecular complexity index is 821. The summed E-state index contributed by atoms with van der Waals surface area (Å²) in [6, 6.07) is 8.12. The molecule has 1 aromatic carbocycles. The van der Waals surface area contributed by atoms with Crippen molar-refractivity contribution in [2.75, 3.05) is 7.11 Å². The van der Waals surface area contributed by atoms with Gasteiger partial charge in [0, 0.05) is 5.41 Å². The Labute approximate surface area is 176 Å². The average molecular weight is 393 g/mol. The Morgan fingerprint density at radius 3 is 2.52 bits per heavy atom. The monoisotopic (exact) mass is 392 g/mol. The quantitative estimate of drug-likeness (QED) is 0.524. The van der Waals surface area contributed by atoms with Crippen LogP contribution in [0.2, 0.25) is 0 Å². The van der Waals surface area contributed by atoms with Crippen LogP contribution in [-0.2, 0) is 4.79 Å². The van der Waals surface area contributed by atoms with Gasteiger partial charge in [0.05, 0.1) is 7.11 Å². The maximum absolute atomic E-state index is 13.5. The van der Waals surface area contributed by atoms with Gasteiger partial charge in [0.1, 0.15) is 5.75 Å². The molecule has 0 spiro atoms. The summed E-state index contributed by atoms with van der Waals surface area (Å²) in [7, 11) is 1.69. The third-order valence-electron chi connectivity index (χ3n) is 9.68. The maximum atomic E-state index is 13.5. The molecule has 4 fully saturated rings. The van der Waals surface area contributed by atoms with Crippen molar-refractivity contribution in [2.45, 2.75) is 71.6 Å². The Morgan fingerprint density at radius 2 is 1.76 bits per heavy atom. The molecule has 2 heteroatoms. The van der Waals surface area contributed by atoms with Crippen LogP contribution in [0.15, 0.2) is 29.8 Å². The van der Waals surface area contributed by atoms with Crippen LogP contribution in [0.1, 0.15) is 77.2 Å². The Hall–Kier alpha value is -1.57. The topological polar surface area (TPSA) is 26.3 Å². The van der Waals surface area contributed by atoms with Crippen molar-refractivity contribution in [3.8, 4) is 5.75 Å². The summed E-state index contributed by atoms with van der Waals surface area (Å²) in [5.74, 6) is 4.39. The fourth-order valence-electron chi connectivity index (χ4n) is 8.00. The van der Waals surface area contributed by atoms with E-state index < -0.39 is 0 Å². The van der Waals surface area contributed by atoms with Crippen LogP contribution in [-0.4, -0.2) is 12.9 Å². The van der Waals surface area contributed by atoms with Gasteiger partial charge in [0.25, 0.3) is 0 Å². The van der Waals surface area contributed by atoms with Gasteiger partial charge in [-0.2, -0.15) is 0 Å². The Morgan fingerprint density at radius 1 is 0.966 bits per heavy atom. The van der Waals surface area contributed by atoms with Gasteiger partial charge < -0.3 is 4.74 Å². The van der Waals surface area contributed by atoms with E-state index in [4.69, 9.17) is 4.74 Å². The van der Waals surface area contributed by atoms with Gasteiger partial charge in [-0.15, -0.1) is 0 Å². The van der Waals surface area contributed by atoms with E-state index in [1.54, 1.807) is 7.11 Å². The predicted molar refractivity (Wildman–Crippen MR) is 118 cm³/mol. The lowest BCUT2D eigenvalue weighted by molar-refractivity contribution is -0.137. The molecular formula is C27H36O2. The first-order chi connectivity index (χ1) is 14.0. The number of allylic oxidation sites excluding steroid dienone is 1. The number of methoxy groups -OCH3 is 1. The number of carbonyl (C=O) groups excluding carboxylic acids is 1. The number of rotatable bonds is 2. The molecule has 5 rings (SSSR count). The van der Waals surface area contributed by atoms with Crippen LogP contribution in [0.4, 0.5) is 0 Å². The number of hydrogen-bond acceptors (Lipinski definition) is 2. The summed E-state index contributed by atoms with van der Waals surface area (Å²) in [5.41, 5.74) is 2.60. The molecule has 0 heterocycles. The molecule has 0 saturated heterocycles. The van der Waals surface area contributed by atoms with Crippen molar-refractivity contribution < 1.29 is 9.53 Å². The van der Waals surface area contributed by atoms with Gasteiger partial charge in [-0.05, 0) is 103 Å². The minimum Gasteiger partial charge on any atom is -0.497 e. The van der Waals surface area contributed by atoms with Gasteiger partial charge in [-0.3, -0.25) is 4.79 Å². The highest BCUT2D eigenvalue weighted by Crippen LogP contribution is 2.66. The van der Waals surface area contributed by atoms with E-state index >= 15 is 0 Å². The third-order valence-corrected chi connectivity index (χ3v) is 9.68. The summed E-state index contributed by atoms with van der Waals surface area (Å²) in [6.45, 7) is 4.90. The van der Waals surface area contributed by atoms with Crippen LogP contribution in [0.3, 0.4) is 0 Å². The largest absolute Gasteiger partial charge is 0.497 e. The van der Waals surface area contributed by atoms with E-state index in [9.17, 15) is 4.79 Å². The van der Waals surface area contributed by atoms with E-state index in [1.807, 2.05) is 12.1 Å². The molecule has 1 aromatic rings. The molecule has 6 atom stereocenters. The molecule has 0 radical (unpaired) electrons. The van der Waals surface area contributed by atoms with Crippen LogP contribution in [0.5, 0.6) is 5.75 Å². The summed E-state index contributed by atoms with van der Waals surface area (Å²) >= 11 is 0. The minimum atomic E-state index is -0.128. The second kappa shape index (κ2) is 7.00. The van der Waals surface area contributed by atoms with Gasteiger partial charge >= 0.3 is 0 Å². The highest BCUT2D eigenvalue weighted by atomic mass is 16.5. The molecule has 2 nitrogen and oxygen atoms in total. The molecule has 0 unspecified atom stereocenters. The predicted octanol–water partition coefficient (Wildman–Crippen LogP) is 6.69. The fourth-order valence-corrected chi connectivity index (χ4v) is 8.00. The van der Waals surface area contributed by atoms with Crippen LogP contribution in [0, 0.1) is 34.5 Å². The number of ketones is 1. The second-order valence-electron chi connectivity index (χ2n) is 10.8. The van der Waals surface area contributed by atoms with Crippen LogP contribution < -0.4 is 4.74 Å². The lowest BCUT2D eigenvalue weighted by atomic mass is 9.45. The Balaban J connectivity index is 1.43. The number of benzene rings is 1. The lowest BCUT2D eigenvalue weighted by Gasteiger charge is -2.59. The highest BCUT2D eigenvalue weighted by molar-refractivity contribution is 6.05. The van der Waals surface area contributed by atoms with Gasteiger partial charge in [-0.25, -0.2) is 0 Å². The molecule has 156 valence electrons. The molecule has 4 saturated carbocycles. The number of fused-ring (bicyclic) bond motifs is 5. The molecule has 0 aromatic heterocycles. The number of ether oxygens (including phenoxy) is 1. The number of carbonyl (C=O) groups is 1. The summed E-state index contributed by atoms with van der Waals surface area (Å²) in [4.78, 5) is 13.5. The first-order valence-corrected chi connectivity index (χ1v) is 11.8. The SMILES string of the molecule is COc1ccc(/C=C2\C[C@@H]3[C@@H]4CC[C@H]5CCCC[C@@]5(C)[C@H]4CC[C@@]3(C)C2=O)cc1. The van der Waals surface area contributed by atoms with E-state index in [-0.39, 0.29) is 5.41 Å². The van der Waals surface area contributed by atoms with E-state index in [1.165, 1.54) is 44.9 Å². The summed E-state index contributed by atoms with van der Waals surface area (Å²) < 4.78 is 5.28. The van der Waals surface area contributed by atoms with Gasteiger partial charge in [0.2, 0.25) is 0 Å². The average Bonchev–Trinajstić information content (AvgIpc) is 2.99. The zero-order chi connectivity index (χ0) is 20.2. The van der Waals surface area contributed by atoms with Crippen molar-refractivity contribution in [1.82, 2.24) is 0 Å². The highest BCUT2D eigenvalue weighted by Gasteiger charge is 2.60. The molecule has 29 heavy (non-hydrogen) atoms. The molecule has 0 aliphatic heterocycles. The van der Waals surface area contributed by atoms with E-state index in [2.05, 4.69) is 32.1 Å². The zero-order valence-corrected chi connectivity index (χ0v) is 18.4. The fraction of sp³-hybridized carbons (Fsp3) is 0.667. The van der Waals surface area contributed by atoms with Crippen molar-refractivity contribution in [1.29, 1.82) is 0 Å². The van der Waals surface area contributed by atoms with Crippen LogP contribution >= 0.6 is 0 Å². The first kappa shape index (κ1) is 19.4. The van der Waals surface area contributed by atoms with Crippen LogP contribution in [0.25, 0.3) is 6.08 Å². The normalized spacial score (nSPS) is 42.9. The summed E-state index contributed by atoms with van der Waals surface area (Å²) in [6.07, 6.45) is 14.0. The lowest BCUT2D eigenvalue weighted by Crippen LogP contribution is -2.52. The molecule has 0 N–H and O–H groups in total. The van der Waals surface area contributed by atoms with E-state index in [0.29, 0.717) is 17.1 Å². The zero-order valence-electron chi connectivity index (χ0n) is 18.4. The number of Topliss-reactive ketones (excluding diaryl/α,β-unsaturated/α-hetero) is 1. The molecule has 0 amide bonds. The third kappa shape index (κ3) is 2.93. The molecule has 0 bridgehead atoms. The summed E-state index contributed by atoms with van der Waals surface area (Å²) in [5, 5.41) is 0. The van der Waals surface area contributed by atoms with Crippen molar-refractivity contribution in [3.05, 3.63) is 35.4 Å². The maximum Gasteiger partial charge on any atom is 0.165 e. The number of hydrogen-bond donors (Lipinski definition) is 0. The van der Waals surface area contributed by atoms with Gasteiger partial charge in [0.15, 0.2) is 5.78 Å². The smallest absolute Gasteiger partial charge is 0.165 e. The Kier molecular flexibility index (Phi) is 4.68. The first-order valence-electron chi connectivity index (χ1n) is 11.8. The standard InChI is InChI=1S/C27H36O2/c1-26-14-5-4-6-20(26)9-12-22-23(26)13-15-27(2)24(22)17-19(25(27)28)16-18-7-10-21(29-3)11-8-18/h7-8,10-11,16,20,22-24H,4-6,9,12-15,17H2,1-3H3/b19-16+/t20-,22-,23+,24-,26-,27-/m1/s1. The van der Waals surface area contributed by atoms with Crippen molar-refractivity contribution in [3.63, 3.8) is 0 Å². The molecule has 4 aliphatic rings. The van der Waals surface area contributed by atoms with Gasteiger partial charge in [-0.1, -0.05) is 38.8 Å². The minimum absolute atomic E-state index is 0.128. The molecular weight excluding hydrogens is 356 g/mol. The van der Waals surface area contributed by atoms with E-state index in [0.717, 1.165) is 47.5 Å². The molecule has 4 aliphatic carbocycles. The van der Waals surface area contributed by atoms with Crippen molar-refractivity contribution >= 4 is 11.9 Å². The second-order valence-corrected chi connectivity index (χ2v) is 10.8. The van der Waals surface area contributed by atoms with Crippen molar-refractivity contribution in [2.24, 2.45) is 34.5 Å².